The number of hydrogen-bond donors (Lipinski definition) is 2. The van der Waals surface area contributed by atoms with Gasteiger partial charge in [-0.2, -0.15) is 0 Å². The van der Waals surface area contributed by atoms with Crippen molar-refractivity contribution in [2.45, 2.75) is 19.5 Å². The van der Waals surface area contributed by atoms with Gasteiger partial charge in [0.15, 0.2) is 0 Å². The molecule has 1 atom stereocenters. The summed E-state index contributed by atoms with van der Waals surface area (Å²) < 4.78 is 0. The molecule has 1 saturated heterocycles. The number of hydrogen-bond acceptors (Lipinski definition) is 3. The molecular weight excluding hydrogens is 320 g/mol. The first-order valence-corrected chi connectivity index (χ1v) is 7.64. The van der Waals surface area contributed by atoms with Crippen molar-refractivity contribution in [3.8, 4) is 0 Å². The minimum absolute atomic E-state index is 0.233. The highest BCUT2D eigenvalue weighted by atomic mass is 35.5. The number of nitrogens with zero attached hydrogens (tertiary/aromatic N) is 2. The third-order valence-corrected chi connectivity index (χ3v) is 4.29. The van der Waals surface area contributed by atoms with Crippen LogP contribution < -0.4 is 15.5 Å². The molecule has 23 heavy (non-hydrogen) atoms. The topological polar surface area (TPSA) is 81.8 Å². The molecule has 0 saturated carbocycles. The number of likely N-dealkylation sites (N-methyl/N-ethyl adjacent to an activating group) is 1. The van der Waals surface area contributed by atoms with E-state index >= 15 is 0 Å². The molecule has 1 unspecified atom stereocenters. The Hall–Kier alpha value is -2.28. The second-order valence-corrected chi connectivity index (χ2v) is 6.56. The van der Waals surface area contributed by atoms with E-state index in [0.717, 1.165) is 0 Å². The molecule has 0 bridgehead atoms. The van der Waals surface area contributed by atoms with Gasteiger partial charge in [-0.15, -0.1) is 0 Å². The van der Waals surface area contributed by atoms with Gasteiger partial charge in [-0.1, -0.05) is 25.4 Å². The van der Waals surface area contributed by atoms with Crippen molar-refractivity contribution in [2.24, 2.45) is 5.92 Å². The van der Waals surface area contributed by atoms with Crippen LogP contribution in [0.1, 0.15) is 19.4 Å². The molecular formula is C15H17ClN4O3. The van der Waals surface area contributed by atoms with Gasteiger partial charge in [-0.25, -0.2) is 9.59 Å². The van der Waals surface area contributed by atoms with E-state index in [1.165, 1.54) is 11.9 Å². The highest BCUT2D eigenvalue weighted by Gasteiger charge is 2.57. The number of anilines is 1. The molecule has 8 heteroatoms. The first-order chi connectivity index (χ1) is 10.8. The van der Waals surface area contributed by atoms with Gasteiger partial charge in [0.2, 0.25) is 5.66 Å². The van der Waals surface area contributed by atoms with Crippen molar-refractivity contribution in [2.75, 3.05) is 18.5 Å². The lowest BCUT2D eigenvalue weighted by atomic mass is 9.92. The van der Waals surface area contributed by atoms with Crippen molar-refractivity contribution in [1.82, 2.24) is 15.5 Å². The molecule has 1 aromatic rings. The minimum Gasteiger partial charge on any atom is -0.303 e. The monoisotopic (exact) mass is 336 g/mol. The van der Waals surface area contributed by atoms with Gasteiger partial charge < -0.3 is 5.32 Å². The quantitative estimate of drug-likeness (QED) is 0.809. The van der Waals surface area contributed by atoms with Crippen LogP contribution in [0.5, 0.6) is 0 Å². The Balaban J connectivity index is 2.24. The van der Waals surface area contributed by atoms with Gasteiger partial charge in [0.05, 0.1) is 5.69 Å². The molecule has 1 fully saturated rings. The van der Waals surface area contributed by atoms with Crippen molar-refractivity contribution < 1.29 is 14.4 Å². The number of carbonyl (C=O) groups excluding carboxylic acids is 3. The van der Waals surface area contributed by atoms with E-state index in [1.54, 1.807) is 23.1 Å². The fraction of sp³-hybridized carbons (Fsp3) is 0.400. The second-order valence-electron chi connectivity index (χ2n) is 6.13. The zero-order valence-corrected chi connectivity index (χ0v) is 13.8. The lowest BCUT2D eigenvalue weighted by Gasteiger charge is -2.45. The molecule has 122 valence electrons. The summed E-state index contributed by atoms with van der Waals surface area (Å²) in [6.07, 6.45) is 0. The third kappa shape index (κ3) is 2.15. The Morgan fingerprint density at radius 2 is 1.96 bits per heavy atom. The first kappa shape index (κ1) is 15.6. The van der Waals surface area contributed by atoms with E-state index < -0.39 is 17.6 Å². The number of carbonyl (C=O) groups is 3. The van der Waals surface area contributed by atoms with E-state index in [0.29, 0.717) is 22.8 Å². The van der Waals surface area contributed by atoms with Gasteiger partial charge in [-0.05, 0) is 24.1 Å². The number of urea groups is 2. The van der Waals surface area contributed by atoms with Crippen LogP contribution in [0.3, 0.4) is 0 Å². The summed E-state index contributed by atoms with van der Waals surface area (Å²) in [5.41, 5.74) is -0.512. The van der Waals surface area contributed by atoms with E-state index in [1.807, 2.05) is 13.8 Å². The molecule has 0 aliphatic carbocycles. The normalized spacial score (nSPS) is 23.4. The number of benzene rings is 1. The Labute approximate surface area is 138 Å². The average Bonchev–Trinajstić information content (AvgIpc) is 2.77. The second kappa shape index (κ2) is 5.13. The summed E-state index contributed by atoms with van der Waals surface area (Å²) in [6, 6.07) is 3.97. The van der Waals surface area contributed by atoms with Gasteiger partial charge >= 0.3 is 12.1 Å². The SMILES string of the molecule is CC(C)CN1C(=O)N(C)C2(NC(=O)NC2=O)c2cc(Cl)ccc21. The van der Waals surface area contributed by atoms with Crippen LogP contribution in [0.2, 0.25) is 5.02 Å². The van der Waals surface area contributed by atoms with Crippen molar-refractivity contribution in [1.29, 1.82) is 0 Å². The average molecular weight is 337 g/mol. The number of imide groups is 1. The lowest BCUT2D eigenvalue weighted by molar-refractivity contribution is -0.129. The van der Waals surface area contributed by atoms with Crippen molar-refractivity contribution in [3.63, 3.8) is 0 Å². The van der Waals surface area contributed by atoms with Crippen molar-refractivity contribution >= 4 is 35.3 Å². The molecule has 5 amide bonds. The van der Waals surface area contributed by atoms with Crippen LogP contribution in [0.25, 0.3) is 0 Å². The van der Waals surface area contributed by atoms with Crippen LogP contribution in [-0.2, 0) is 10.5 Å². The van der Waals surface area contributed by atoms with Gasteiger partial charge in [0, 0.05) is 24.2 Å². The zero-order valence-electron chi connectivity index (χ0n) is 13.0. The maximum absolute atomic E-state index is 12.8. The van der Waals surface area contributed by atoms with Crippen molar-refractivity contribution in [3.05, 3.63) is 28.8 Å². The minimum atomic E-state index is -1.57. The standard InChI is InChI=1S/C15H17ClN4O3/c1-8(2)7-20-11-5-4-9(16)6-10(11)15(19(3)14(20)23)12(21)17-13(22)18-15/h4-6,8H,7H2,1-3H3,(H2,17,18,21,22). The van der Waals surface area contributed by atoms with Crippen LogP contribution in [0.15, 0.2) is 18.2 Å². The van der Waals surface area contributed by atoms with Gasteiger partial charge in [0.25, 0.3) is 5.91 Å². The molecule has 2 heterocycles. The molecule has 0 radical (unpaired) electrons. The maximum atomic E-state index is 12.8. The molecule has 7 nitrogen and oxygen atoms in total. The number of fused-ring (bicyclic) bond motifs is 2. The molecule has 0 aromatic heterocycles. The largest absolute Gasteiger partial charge is 0.326 e. The van der Waals surface area contributed by atoms with E-state index in [-0.39, 0.29) is 11.9 Å². The summed E-state index contributed by atoms with van der Waals surface area (Å²) in [6.45, 7) is 4.48. The number of rotatable bonds is 2. The molecule has 1 spiro atoms. The summed E-state index contributed by atoms with van der Waals surface area (Å²) >= 11 is 6.09. The molecule has 2 N–H and O–H groups in total. The lowest BCUT2D eigenvalue weighted by Crippen LogP contribution is -2.65. The first-order valence-electron chi connectivity index (χ1n) is 7.26. The smallest absolute Gasteiger partial charge is 0.303 e. The maximum Gasteiger partial charge on any atom is 0.326 e. The predicted molar refractivity (Wildman–Crippen MR) is 85.1 cm³/mol. The van der Waals surface area contributed by atoms with Crippen LogP contribution in [-0.4, -0.2) is 36.5 Å². The molecule has 3 rings (SSSR count). The summed E-state index contributed by atoms with van der Waals surface area (Å²) in [4.78, 5) is 39.8. The van der Waals surface area contributed by atoms with Crippen LogP contribution in [0, 0.1) is 5.92 Å². The Morgan fingerprint density at radius 1 is 1.26 bits per heavy atom. The highest BCUT2D eigenvalue weighted by molar-refractivity contribution is 6.31. The Bertz CT molecular complexity index is 721. The highest BCUT2D eigenvalue weighted by Crippen LogP contribution is 2.42. The molecule has 1 aromatic carbocycles. The summed E-state index contributed by atoms with van der Waals surface area (Å²) in [5, 5.41) is 5.20. The van der Waals surface area contributed by atoms with Crippen LogP contribution >= 0.6 is 11.6 Å². The van der Waals surface area contributed by atoms with E-state index in [2.05, 4.69) is 10.6 Å². The Kier molecular flexibility index (Phi) is 3.48. The molecule has 2 aliphatic rings. The Morgan fingerprint density at radius 3 is 2.52 bits per heavy atom. The fourth-order valence-corrected chi connectivity index (χ4v) is 3.23. The van der Waals surface area contributed by atoms with Crippen LogP contribution in [0.4, 0.5) is 15.3 Å². The van der Waals surface area contributed by atoms with Gasteiger partial charge in [-0.3, -0.25) is 19.9 Å². The predicted octanol–water partition coefficient (Wildman–Crippen LogP) is 1.86. The number of halogens is 1. The third-order valence-electron chi connectivity index (χ3n) is 4.06. The number of nitrogens with one attached hydrogen (secondary N) is 2. The van der Waals surface area contributed by atoms with E-state index in [4.69, 9.17) is 11.6 Å². The summed E-state index contributed by atoms with van der Waals surface area (Å²) in [5.74, 6) is -0.358. The zero-order chi connectivity index (χ0) is 16.9. The van der Waals surface area contributed by atoms with Gasteiger partial charge in [0.1, 0.15) is 0 Å². The van der Waals surface area contributed by atoms with E-state index in [9.17, 15) is 14.4 Å². The fourth-order valence-electron chi connectivity index (χ4n) is 3.05. The summed E-state index contributed by atoms with van der Waals surface area (Å²) in [7, 11) is 1.49. The molecule has 2 aliphatic heterocycles. The number of amides is 5.